The van der Waals surface area contributed by atoms with E-state index in [1.807, 2.05) is 20.8 Å². The van der Waals surface area contributed by atoms with Gasteiger partial charge in [-0.15, -0.1) is 13.2 Å². The summed E-state index contributed by atoms with van der Waals surface area (Å²) in [4.78, 5) is 38.0. The fourth-order valence-electron chi connectivity index (χ4n) is 3.09. The van der Waals surface area contributed by atoms with Gasteiger partial charge in [-0.25, -0.2) is 28.1 Å². The van der Waals surface area contributed by atoms with Gasteiger partial charge in [0.05, 0.1) is 19.6 Å². The summed E-state index contributed by atoms with van der Waals surface area (Å²) in [6.45, 7) is 14.8. The summed E-state index contributed by atoms with van der Waals surface area (Å²) in [6.07, 6.45) is 2.86. The monoisotopic (exact) mass is 385 g/mol. The second-order valence-electron chi connectivity index (χ2n) is 7.79. The molecule has 150 valence electrons. The molecule has 0 aliphatic carbocycles. The Balaban J connectivity index is 2.74. The van der Waals surface area contributed by atoms with Crippen molar-refractivity contribution in [2.75, 3.05) is 0 Å². The third-order valence-electron chi connectivity index (χ3n) is 4.52. The van der Waals surface area contributed by atoms with Gasteiger partial charge in [-0.1, -0.05) is 39.0 Å². The molecule has 1 N–H and O–H groups in total. The molecule has 0 spiro atoms. The number of hydrogen-bond acceptors (Lipinski definition) is 4. The highest BCUT2D eigenvalue weighted by molar-refractivity contribution is 5.46. The van der Waals surface area contributed by atoms with Crippen LogP contribution >= 0.6 is 0 Å². The Hall–Kier alpha value is -3.09. The van der Waals surface area contributed by atoms with Crippen LogP contribution in [0, 0.1) is 6.92 Å². The summed E-state index contributed by atoms with van der Waals surface area (Å²) in [6, 6.07) is 3.52. The lowest BCUT2D eigenvalue weighted by atomic mass is 9.84. The van der Waals surface area contributed by atoms with Gasteiger partial charge >= 0.3 is 17.1 Å². The second-order valence-corrected chi connectivity index (χ2v) is 7.79. The van der Waals surface area contributed by atoms with Gasteiger partial charge in [0, 0.05) is 0 Å². The van der Waals surface area contributed by atoms with Gasteiger partial charge < -0.3 is 5.11 Å². The Bertz CT molecular complexity index is 1050. The highest BCUT2D eigenvalue weighted by Gasteiger charge is 2.21. The van der Waals surface area contributed by atoms with E-state index in [1.54, 1.807) is 19.1 Å². The summed E-state index contributed by atoms with van der Waals surface area (Å²) < 4.78 is 2.96. The zero-order valence-corrected chi connectivity index (χ0v) is 16.9. The summed E-state index contributed by atoms with van der Waals surface area (Å²) in [5.74, 6) is 0.198. The van der Waals surface area contributed by atoms with Crippen LogP contribution in [0.25, 0.3) is 0 Å². The second kappa shape index (κ2) is 7.88. The summed E-state index contributed by atoms with van der Waals surface area (Å²) >= 11 is 0. The first-order valence-electron chi connectivity index (χ1n) is 9.02. The molecule has 7 heteroatoms. The van der Waals surface area contributed by atoms with E-state index >= 15 is 0 Å². The summed E-state index contributed by atoms with van der Waals surface area (Å²) in [7, 11) is 0. The van der Waals surface area contributed by atoms with Crippen molar-refractivity contribution in [3.8, 4) is 5.75 Å². The number of aromatic nitrogens is 3. The van der Waals surface area contributed by atoms with Crippen molar-refractivity contribution in [3.05, 3.63) is 85.6 Å². The van der Waals surface area contributed by atoms with Gasteiger partial charge in [0.25, 0.3) is 0 Å². The maximum Gasteiger partial charge on any atom is 0.336 e. The Kier molecular flexibility index (Phi) is 5.97. The molecule has 0 bridgehead atoms. The van der Waals surface area contributed by atoms with Crippen LogP contribution in [0.1, 0.15) is 37.5 Å². The Labute approximate surface area is 163 Å². The van der Waals surface area contributed by atoms with Crippen LogP contribution in [0.2, 0.25) is 0 Å². The zero-order chi connectivity index (χ0) is 21.2. The minimum Gasteiger partial charge on any atom is -0.507 e. The predicted molar refractivity (Wildman–Crippen MR) is 110 cm³/mol. The number of phenols is 1. The minimum absolute atomic E-state index is 0.00304. The van der Waals surface area contributed by atoms with Crippen molar-refractivity contribution in [2.24, 2.45) is 0 Å². The largest absolute Gasteiger partial charge is 0.507 e. The molecule has 2 aromatic rings. The molecule has 1 aromatic carbocycles. The molecule has 0 radical (unpaired) electrons. The van der Waals surface area contributed by atoms with E-state index < -0.39 is 17.1 Å². The molecule has 28 heavy (non-hydrogen) atoms. The Morgan fingerprint density at radius 1 is 0.929 bits per heavy atom. The van der Waals surface area contributed by atoms with E-state index in [0.717, 1.165) is 19.3 Å². The molecule has 0 amide bonds. The molecular weight excluding hydrogens is 358 g/mol. The first-order chi connectivity index (χ1) is 13.0. The van der Waals surface area contributed by atoms with Gasteiger partial charge in [0.15, 0.2) is 0 Å². The SMILES string of the molecule is C=CCn1c(=O)n(CC=C)c(=O)n(Cc2cc(C)c(O)c(C(C)(C)C)c2)c1=O. The number of rotatable bonds is 6. The van der Waals surface area contributed by atoms with Crippen molar-refractivity contribution in [3.63, 3.8) is 0 Å². The highest BCUT2D eigenvalue weighted by Crippen LogP contribution is 2.34. The molecule has 0 saturated carbocycles. The fraction of sp³-hybridized carbons (Fsp3) is 0.381. The number of hydrogen-bond donors (Lipinski definition) is 1. The van der Waals surface area contributed by atoms with Gasteiger partial charge in [-0.3, -0.25) is 0 Å². The van der Waals surface area contributed by atoms with Gasteiger partial charge in [0.2, 0.25) is 0 Å². The van der Waals surface area contributed by atoms with Crippen molar-refractivity contribution in [2.45, 2.75) is 52.7 Å². The molecule has 0 aliphatic rings. The van der Waals surface area contributed by atoms with Gasteiger partial charge in [-0.05, 0) is 35.1 Å². The van der Waals surface area contributed by atoms with Crippen LogP contribution in [0.3, 0.4) is 0 Å². The van der Waals surface area contributed by atoms with Crippen molar-refractivity contribution < 1.29 is 5.11 Å². The predicted octanol–water partition coefficient (Wildman–Crippen LogP) is 1.90. The van der Waals surface area contributed by atoms with Crippen LogP contribution in [0.4, 0.5) is 0 Å². The summed E-state index contributed by atoms with van der Waals surface area (Å²) in [5, 5.41) is 10.4. The molecular formula is C21H27N3O4. The van der Waals surface area contributed by atoms with E-state index in [9.17, 15) is 19.5 Å². The van der Waals surface area contributed by atoms with E-state index in [0.29, 0.717) is 11.1 Å². The van der Waals surface area contributed by atoms with E-state index in [2.05, 4.69) is 13.2 Å². The zero-order valence-electron chi connectivity index (χ0n) is 16.9. The van der Waals surface area contributed by atoms with E-state index in [1.165, 1.54) is 12.2 Å². The van der Waals surface area contributed by atoms with Crippen molar-refractivity contribution in [1.82, 2.24) is 13.7 Å². The van der Waals surface area contributed by atoms with Gasteiger partial charge in [-0.2, -0.15) is 0 Å². The molecule has 0 fully saturated rings. The van der Waals surface area contributed by atoms with Crippen LogP contribution in [0.15, 0.2) is 51.8 Å². The lowest BCUT2D eigenvalue weighted by Gasteiger charge is -2.23. The number of aromatic hydroxyl groups is 1. The molecule has 0 atom stereocenters. The van der Waals surface area contributed by atoms with Crippen molar-refractivity contribution in [1.29, 1.82) is 0 Å². The fourth-order valence-corrected chi connectivity index (χ4v) is 3.09. The average Bonchev–Trinajstić information content (AvgIpc) is 2.61. The number of benzene rings is 1. The standard InChI is InChI=1S/C21H27N3O4/c1-7-9-22-18(26)23(10-8-2)20(28)24(19(22)27)13-15-11-14(3)17(25)16(12-15)21(4,5)6/h7-8,11-12,25H,1-2,9-10,13H2,3-6H3. The van der Waals surface area contributed by atoms with Crippen LogP contribution < -0.4 is 17.1 Å². The summed E-state index contributed by atoms with van der Waals surface area (Å²) in [5.41, 5.74) is -0.337. The Morgan fingerprint density at radius 2 is 1.39 bits per heavy atom. The van der Waals surface area contributed by atoms with Crippen LogP contribution in [-0.4, -0.2) is 18.8 Å². The number of phenolic OH excluding ortho intramolecular Hbond substituents is 1. The quantitative estimate of drug-likeness (QED) is 0.770. The van der Waals surface area contributed by atoms with E-state index in [4.69, 9.17) is 0 Å². The topological polar surface area (TPSA) is 86.2 Å². The number of aryl methyl sites for hydroxylation is 1. The highest BCUT2D eigenvalue weighted by atomic mass is 16.3. The Morgan fingerprint density at radius 3 is 1.82 bits per heavy atom. The molecule has 0 unspecified atom stereocenters. The molecule has 1 heterocycles. The number of nitrogens with zero attached hydrogens (tertiary/aromatic N) is 3. The number of allylic oxidation sites excluding steroid dienone is 2. The third-order valence-corrected chi connectivity index (χ3v) is 4.52. The first kappa shape index (κ1) is 21.2. The smallest absolute Gasteiger partial charge is 0.336 e. The molecule has 2 rings (SSSR count). The third kappa shape index (κ3) is 3.93. The van der Waals surface area contributed by atoms with Crippen LogP contribution in [0.5, 0.6) is 5.75 Å². The van der Waals surface area contributed by atoms with Crippen LogP contribution in [-0.2, 0) is 25.0 Å². The minimum atomic E-state index is -0.696. The molecule has 7 nitrogen and oxygen atoms in total. The lowest BCUT2D eigenvalue weighted by molar-refractivity contribution is 0.441. The van der Waals surface area contributed by atoms with Crippen molar-refractivity contribution >= 4 is 0 Å². The molecule has 0 saturated heterocycles. The maximum absolute atomic E-state index is 12.8. The first-order valence-corrected chi connectivity index (χ1v) is 9.02. The normalized spacial score (nSPS) is 11.4. The molecule has 0 aliphatic heterocycles. The average molecular weight is 385 g/mol. The maximum atomic E-state index is 12.8. The lowest BCUT2D eigenvalue weighted by Crippen LogP contribution is -2.54. The van der Waals surface area contributed by atoms with E-state index in [-0.39, 0.29) is 30.8 Å². The molecule has 1 aromatic heterocycles. The van der Waals surface area contributed by atoms with Gasteiger partial charge in [0.1, 0.15) is 5.75 Å².